The van der Waals surface area contributed by atoms with Crippen molar-refractivity contribution in [3.8, 4) is 0 Å². The largest absolute Gasteiger partial charge is 0.363 e. The van der Waals surface area contributed by atoms with Crippen LogP contribution in [0, 0.1) is 0 Å². The summed E-state index contributed by atoms with van der Waals surface area (Å²) in [4.78, 5) is 19.2. The first-order valence-corrected chi connectivity index (χ1v) is 8.60. The van der Waals surface area contributed by atoms with Crippen LogP contribution in [0.25, 0.3) is 0 Å². The van der Waals surface area contributed by atoms with Gasteiger partial charge >= 0.3 is 0 Å². The quantitative estimate of drug-likeness (QED) is 0.781. The Hall–Kier alpha value is -1.53. The molecule has 22 heavy (non-hydrogen) atoms. The molecule has 0 bridgehead atoms. The molecule has 0 aliphatic heterocycles. The molecule has 0 saturated heterocycles. The fourth-order valence-electron chi connectivity index (χ4n) is 1.75. The Labute approximate surface area is 143 Å². The molecule has 6 heteroatoms. The van der Waals surface area contributed by atoms with E-state index in [0.29, 0.717) is 12.3 Å². The van der Waals surface area contributed by atoms with Crippen LogP contribution in [0.4, 0.5) is 5.82 Å². The number of carbonyl (C=O) groups is 1. The first kappa shape index (κ1) is 16.8. The fourth-order valence-corrected chi connectivity index (χ4v) is 2.74. The van der Waals surface area contributed by atoms with Crippen LogP contribution in [-0.4, -0.2) is 30.7 Å². The Morgan fingerprint density at radius 1 is 1.27 bits per heavy atom. The molecule has 1 aromatic heterocycles. The van der Waals surface area contributed by atoms with Gasteiger partial charge in [0.25, 0.3) is 0 Å². The van der Waals surface area contributed by atoms with E-state index < -0.39 is 0 Å². The number of thioether (sulfide) groups is 1. The second-order valence-corrected chi connectivity index (χ2v) is 6.90. The highest BCUT2D eigenvalue weighted by Crippen LogP contribution is 2.20. The maximum Gasteiger partial charge on any atom is 0.230 e. The van der Waals surface area contributed by atoms with Crippen LogP contribution in [0.1, 0.15) is 5.56 Å². The molecule has 0 unspecified atom stereocenters. The molecule has 4 nitrogen and oxygen atoms in total. The third-order valence-corrected chi connectivity index (χ3v) is 4.48. The Morgan fingerprint density at radius 2 is 2.00 bits per heavy atom. The maximum absolute atomic E-state index is 11.9. The number of hydrogen-bond acceptors (Lipinski definition) is 4. The van der Waals surface area contributed by atoms with Crippen molar-refractivity contribution >= 4 is 39.4 Å². The topological polar surface area (TPSA) is 45.2 Å². The van der Waals surface area contributed by atoms with Crippen LogP contribution in [0.2, 0.25) is 0 Å². The predicted molar refractivity (Wildman–Crippen MR) is 95.3 cm³/mol. The molecule has 0 atom stereocenters. The lowest BCUT2D eigenvalue weighted by atomic mass is 10.2. The highest BCUT2D eigenvalue weighted by Gasteiger charge is 2.04. The summed E-state index contributed by atoms with van der Waals surface area (Å²) in [5.41, 5.74) is 1.04. The zero-order valence-corrected chi connectivity index (χ0v) is 14.9. The predicted octanol–water partition coefficient (Wildman–Crippen LogP) is 3.32. The first-order chi connectivity index (χ1) is 10.5. The van der Waals surface area contributed by atoms with Crippen LogP contribution < -0.4 is 10.2 Å². The van der Waals surface area contributed by atoms with Crippen molar-refractivity contribution in [1.82, 2.24) is 10.3 Å². The second-order valence-electron chi connectivity index (χ2n) is 4.94. The van der Waals surface area contributed by atoms with Crippen LogP contribution >= 0.6 is 27.7 Å². The minimum absolute atomic E-state index is 0.0242. The number of rotatable bonds is 6. The van der Waals surface area contributed by atoms with E-state index in [1.807, 2.05) is 55.4 Å². The van der Waals surface area contributed by atoms with Crippen molar-refractivity contribution in [1.29, 1.82) is 0 Å². The van der Waals surface area contributed by atoms with E-state index in [-0.39, 0.29) is 5.91 Å². The van der Waals surface area contributed by atoms with Gasteiger partial charge in [-0.05, 0) is 42.0 Å². The molecule has 0 aliphatic rings. The minimum atomic E-state index is 0.0242. The summed E-state index contributed by atoms with van der Waals surface area (Å²) in [6.07, 6.45) is 1.76. The first-order valence-electron chi connectivity index (χ1n) is 6.82. The lowest BCUT2D eigenvalue weighted by Gasteiger charge is -2.12. The number of halogens is 1. The molecule has 0 saturated carbocycles. The summed E-state index contributed by atoms with van der Waals surface area (Å²) >= 11 is 4.92. The number of nitrogens with zero attached hydrogens (tertiary/aromatic N) is 2. The fraction of sp³-hybridized carbons (Fsp3) is 0.250. The molecule has 1 aromatic carbocycles. The van der Waals surface area contributed by atoms with Gasteiger partial charge in [0.05, 0.1) is 5.75 Å². The van der Waals surface area contributed by atoms with Gasteiger partial charge in [-0.2, -0.15) is 0 Å². The standard InChI is InChI=1S/C16H18BrN3OS/c1-20(2)15-9-12(7-8-18-15)10-19-16(21)11-22-14-5-3-13(17)4-6-14/h3-9H,10-11H2,1-2H3,(H,19,21). The summed E-state index contributed by atoms with van der Waals surface area (Å²) < 4.78 is 1.04. The van der Waals surface area contributed by atoms with Crippen molar-refractivity contribution < 1.29 is 4.79 Å². The van der Waals surface area contributed by atoms with Crippen molar-refractivity contribution in [2.45, 2.75) is 11.4 Å². The van der Waals surface area contributed by atoms with Gasteiger partial charge in [0.1, 0.15) is 5.82 Å². The number of hydrogen-bond donors (Lipinski definition) is 1. The van der Waals surface area contributed by atoms with Crippen LogP contribution in [-0.2, 0) is 11.3 Å². The summed E-state index contributed by atoms with van der Waals surface area (Å²) in [5, 5.41) is 2.93. The molecular weight excluding hydrogens is 362 g/mol. The zero-order valence-electron chi connectivity index (χ0n) is 12.5. The van der Waals surface area contributed by atoms with Gasteiger partial charge in [-0.3, -0.25) is 4.79 Å². The van der Waals surface area contributed by atoms with E-state index in [0.717, 1.165) is 20.7 Å². The van der Waals surface area contributed by atoms with E-state index in [1.54, 1.807) is 6.20 Å². The molecule has 0 spiro atoms. The van der Waals surface area contributed by atoms with Gasteiger partial charge < -0.3 is 10.2 Å². The van der Waals surface area contributed by atoms with Gasteiger partial charge in [0, 0.05) is 36.2 Å². The lowest BCUT2D eigenvalue weighted by Crippen LogP contribution is -2.24. The van der Waals surface area contributed by atoms with Crippen molar-refractivity contribution in [2.75, 3.05) is 24.7 Å². The number of amides is 1. The molecule has 0 aliphatic carbocycles. The number of benzene rings is 1. The number of nitrogens with one attached hydrogen (secondary N) is 1. The molecule has 0 radical (unpaired) electrons. The second kappa shape index (κ2) is 8.19. The Morgan fingerprint density at radius 3 is 2.68 bits per heavy atom. The van der Waals surface area contributed by atoms with E-state index in [4.69, 9.17) is 0 Å². The number of pyridine rings is 1. The molecule has 2 aromatic rings. The number of aromatic nitrogens is 1. The summed E-state index contributed by atoms with van der Waals surface area (Å²) in [6.45, 7) is 0.517. The Bertz CT molecular complexity index is 632. The maximum atomic E-state index is 11.9. The normalized spacial score (nSPS) is 10.3. The molecule has 2 rings (SSSR count). The molecule has 1 heterocycles. The average Bonchev–Trinajstić information content (AvgIpc) is 2.52. The van der Waals surface area contributed by atoms with Crippen LogP contribution in [0.15, 0.2) is 52.0 Å². The van der Waals surface area contributed by atoms with Crippen molar-refractivity contribution in [3.63, 3.8) is 0 Å². The SMILES string of the molecule is CN(C)c1cc(CNC(=O)CSc2ccc(Br)cc2)ccn1. The van der Waals surface area contributed by atoms with Gasteiger partial charge in [0.15, 0.2) is 0 Å². The zero-order chi connectivity index (χ0) is 15.9. The van der Waals surface area contributed by atoms with E-state index in [1.165, 1.54) is 11.8 Å². The van der Waals surface area contributed by atoms with Crippen LogP contribution in [0.5, 0.6) is 0 Å². The Balaban J connectivity index is 1.80. The van der Waals surface area contributed by atoms with E-state index >= 15 is 0 Å². The molecule has 1 amide bonds. The monoisotopic (exact) mass is 379 g/mol. The van der Waals surface area contributed by atoms with E-state index in [2.05, 4.69) is 26.2 Å². The summed E-state index contributed by atoms with van der Waals surface area (Å²) in [6, 6.07) is 11.8. The van der Waals surface area contributed by atoms with Crippen LogP contribution in [0.3, 0.4) is 0 Å². The lowest BCUT2D eigenvalue weighted by molar-refractivity contribution is -0.118. The summed E-state index contributed by atoms with van der Waals surface area (Å²) in [7, 11) is 3.89. The van der Waals surface area contributed by atoms with Gasteiger partial charge in [-0.25, -0.2) is 4.98 Å². The highest BCUT2D eigenvalue weighted by molar-refractivity contribution is 9.10. The Kier molecular flexibility index (Phi) is 6.27. The van der Waals surface area contributed by atoms with Crippen molar-refractivity contribution in [2.24, 2.45) is 0 Å². The highest BCUT2D eigenvalue weighted by atomic mass is 79.9. The number of carbonyl (C=O) groups excluding carboxylic acids is 1. The third kappa shape index (κ3) is 5.35. The molecular formula is C16H18BrN3OS. The molecule has 1 N–H and O–H groups in total. The van der Waals surface area contributed by atoms with E-state index in [9.17, 15) is 4.79 Å². The average molecular weight is 380 g/mol. The van der Waals surface area contributed by atoms with Gasteiger partial charge in [-0.1, -0.05) is 15.9 Å². The molecule has 116 valence electrons. The van der Waals surface area contributed by atoms with Gasteiger partial charge in [-0.15, -0.1) is 11.8 Å². The minimum Gasteiger partial charge on any atom is -0.363 e. The number of anilines is 1. The van der Waals surface area contributed by atoms with Gasteiger partial charge in [0.2, 0.25) is 5.91 Å². The summed E-state index contributed by atoms with van der Waals surface area (Å²) in [5.74, 6) is 1.32. The van der Waals surface area contributed by atoms with Crippen molar-refractivity contribution in [3.05, 3.63) is 52.6 Å². The third-order valence-electron chi connectivity index (χ3n) is 2.94. The smallest absolute Gasteiger partial charge is 0.230 e. The molecule has 0 fully saturated rings.